The van der Waals surface area contributed by atoms with E-state index in [0.29, 0.717) is 19.0 Å². The van der Waals surface area contributed by atoms with E-state index in [4.69, 9.17) is 4.74 Å². The van der Waals surface area contributed by atoms with Crippen molar-refractivity contribution >= 4 is 6.09 Å². The molecule has 1 saturated carbocycles. The monoisotopic (exact) mass is 353 g/mol. The Morgan fingerprint density at radius 3 is 2.54 bits per heavy atom. The average Bonchev–Trinajstić information content (AvgIpc) is 3.53. The van der Waals surface area contributed by atoms with E-state index in [1.807, 2.05) is 36.4 Å². The van der Waals surface area contributed by atoms with Gasteiger partial charge in [-0.1, -0.05) is 30.3 Å². The van der Waals surface area contributed by atoms with Gasteiger partial charge in [-0.2, -0.15) is 5.10 Å². The smallest absolute Gasteiger partial charge is 0.410 e. The molecule has 136 valence electrons. The molecule has 1 aromatic carbocycles. The summed E-state index contributed by atoms with van der Waals surface area (Å²) in [5.74, 6) is 0.691. The van der Waals surface area contributed by atoms with Gasteiger partial charge in [0.25, 0.3) is 5.56 Å². The van der Waals surface area contributed by atoms with Gasteiger partial charge in [-0.05, 0) is 43.2 Å². The van der Waals surface area contributed by atoms with Crippen LogP contribution in [0, 0.1) is 0 Å². The van der Waals surface area contributed by atoms with Gasteiger partial charge in [0.05, 0.1) is 5.69 Å². The Balaban J connectivity index is 1.33. The molecule has 0 unspecified atom stereocenters. The number of likely N-dealkylation sites (tertiary alicyclic amines) is 1. The molecule has 2 fully saturated rings. The highest BCUT2D eigenvalue weighted by Gasteiger charge is 2.29. The van der Waals surface area contributed by atoms with Crippen molar-refractivity contribution in [3.63, 3.8) is 0 Å². The van der Waals surface area contributed by atoms with Gasteiger partial charge in [0.1, 0.15) is 6.61 Å². The summed E-state index contributed by atoms with van der Waals surface area (Å²) < 4.78 is 5.40. The summed E-state index contributed by atoms with van der Waals surface area (Å²) in [6, 6.07) is 11.6. The first-order chi connectivity index (χ1) is 12.7. The van der Waals surface area contributed by atoms with Crippen molar-refractivity contribution in [1.82, 2.24) is 15.1 Å². The first-order valence-corrected chi connectivity index (χ1v) is 9.26. The van der Waals surface area contributed by atoms with Crippen LogP contribution in [-0.4, -0.2) is 34.3 Å². The van der Waals surface area contributed by atoms with E-state index in [1.165, 1.54) is 0 Å². The van der Waals surface area contributed by atoms with E-state index >= 15 is 0 Å². The molecule has 0 spiro atoms. The van der Waals surface area contributed by atoms with Crippen molar-refractivity contribution in [2.75, 3.05) is 13.1 Å². The van der Waals surface area contributed by atoms with Crippen LogP contribution in [0.3, 0.4) is 0 Å². The van der Waals surface area contributed by atoms with Crippen LogP contribution < -0.4 is 5.56 Å². The fourth-order valence-corrected chi connectivity index (χ4v) is 3.51. The molecule has 1 aliphatic heterocycles. The van der Waals surface area contributed by atoms with Gasteiger partial charge >= 0.3 is 6.09 Å². The number of aromatic nitrogens is 2. The maximum absolute atomic E-state index is 12.3. The molecule has 1 aliphatic carbocycles. The van der Waals surface area contributed by atoms with Crippen molar-refractivity contribution in [2.45, 2.75) is 44.1 Å². The van der Waals surface area contributed by atoms with Gasteiger partial charge in [0, 0.05) is 24.6 Å². The molecule has 1 aromatic heterocycles. The number of ether oxygens (including phenoxy) is 1. The predicted octanol–water partition coefficient (Wildman–Crippen LogP) is 3.16. The van der Waals surface area contributed by atoms with Crippen LogP contribution in [-0.2, 0) is 11.3 Å². The zero-order chi connectivity index (χ0) is 17.9. The lowest BCUT2D eigenvalue weighted by atomic mass is 9.90. The molecule has 4 rings (SSSR count). The van der Waals surface area contributed by atoms with Gasteiger partial charge in [-0.3, -0.25) is 4.79 Å². The second-order valence-corrected chi connectivity index (χ2v) is 7.15. The standard InChI is InChI=1S/C20H23N3O3/c24-19-17(12-18(21-22-19)16-6-7-16)15-8-10-23(11-9-15)20(25)26-13-14-4-2-1-3-5-14/h1-5,12,15-16H,6-11,13H2,(H,22,24). The van der Waals surface area contributed by atoms with E-state index in [9.17, 15) is 9.59 Å². The van der Waals surface area contributed by atoms with Crippen LogP contribution in [0.5, 0.6) is 0 Å². The number of carbonyl (C=O) groups is 1. The average molecular weight is 353 g/mol. The number of hydrogen-bond donors (Lipinski definition) is 1. The molecule has 2 aliphatic rings. The van der Waals surface area contributed by atoms with Crippen LogP contribution in [0.2, 0.25) is 0 Å². The second-order valence-electron chi connectivity index (χ2n) is 7.15. The number of carbonyl (C=O) groups excluding carboxylic acids is 1. The van der Waals surface area contributed by atoms with E-state index in [1.54, 1.807) is 4.90 Å². The zero-order valence-electron chi connectivity index (χ0n) is 14.7. The molecule has 0 radical (unpaired) electrons. The lowest BCUT2D eigenvalue weighted by molar-refractivity contribution is 0.0869. The Labute approximate surface area is 152 Å². The molecular formula is C20H23N3O3. The van der Waals surface area contributed by atoms with Crippen molar-refractivity contribution in [3.05, 3.63) is 63.6 Å². The number of rotatable bonds is 4. The second kappa shape index (κ2) is 7.32. The summed E-state index contributed by atoms with van der Waals surface area (Å²) in [6.45, 7) is 1.51. The highest BCUT2D eigenvalue weighted by Crippen LogP contribution is 2.39. The van der Waals surface area contributed by atoms with E-state index in [-0.39, 0.29) is 24.2 Å². The van der Waals surface area contributed by atoms with Gasteiger partial charge in [0.2, 0.25) is 0 Å². The van der Waals surface area contributed by atoms with Crippen LogP contribution in [0.4, 0.5) is 4.79 Å². The van der Waals surface area contributed by atoms with E-state index < -0.39 is 0 Å². The zero-order valence-corrected chi connectivity index (χ0v) is 14.7. The molecule has 26 heavy (non-hydrogen) atoms. The minimum Gasteiger partial charge on any atom is -0.445 e. The van der Waals surface area contributed by atoms with Gasteiger partial charge in [0.15, 0.2) is 0 Å². The first-order valence-electron chi connectivity index (χ1n) is 9.26. The number of aromatic amines is 1. The van der Waals surface area contributed by atoms with Crippen LogP contribution >= 0.6 is 0 Å². The molecule has 0 atom stereocenters. The molecular weight excluding hydrogens is 330 g/mol. The summed E-state index contributed by atoms with van der Waals surface area (Å²) in [4.78, 5) is 26.2. The summed E-state index contributed by atoms with van der Waals surface area (Å²) in [6.07, 6.45) is 3.58. The highest BCUT2D eigenvalue weighted by atomic mass is 16.6. The number of piperidine rings is 1. The summed E-state index contributed by atoms with van der Waals surface area (Å²) in [5, 5.41) is 6.82. The third-order valence-electron chi connectivity index (χ3n) is 5.25. The number of amides is 1. The predicted molar refractivity (Wildman–Crippen MR) is 97.0 cm³/mol. The number of benzene rings is 1. The summed E-state index contributed by atoms with van der Waals surface area (Å²) in [7, 11) is 0. The minimum atomic E-state index is -0.283. The van der Waals surface area contributed by atoms with E-state index in [2.05, 4.69) is 10.2 Å². The van der Waals surface area contributed by atoms with Crippen LogP contribution in [0.15, 0.2) is 41.2 Å². The minimum absolute atomic E-state index is 0.0977. The number of nitrogens with zero attached hydrogens (tertiary/aromatic N) is 2. The Bertz CT molecular complexity index is 822. The molecule has 0 bridgehead atoms. The maximum atomic E-state index is 12.3. The van der Waals surface area contributed by atoms with E-state index in [0.717, 1.165) is 42.5 Å². The summed E-state index contributed by atoms with van der Waals surface area (Å²) >= 11 is 0. The largest absolute Gasteiger partial charge is 0.445 e. The first kappa shape index (κ1) is 16.8. The van der Waals surface area contributed by atoms with Gasteiger partial charge < -0.3 is 9.64 Å². The van der Waals surface area contributed by atoms with Crippen molar-refractivity contribution in [2.24, 2.45) is 0 Å². The quantitative estimate of drug-likeness (QED) is 0.916. The third kappa shape index (κ3) is 3.79. The maximum Gasteiger partial charge on any atom is 0.410 e. The Hall–Kier alpha value is -2.63. The third-order valence-corrected chi connectivity index (χ3v) is 5.25. The Kier molecular flexibility index (Phi) is 4.73. The topological polar surface area (TPSA) is 75.3 Å². The number of H-pyrrole nitrogens is 1. The molecule has 1 amide bonds. The number of hydrogen-bond acceptors (Lipinski definition) is 4. The summed E-state index contributed by atoms with van der Waals surface area (Å²) in [5.41, 5.74) is 2.70. The van der Waals surface area contributed by atoms with Gasteiger partial charge in [-0.15, -0.1) is 0 Å². The Morgan fingerprint density at radius 1 is 1.12 bits per heavy atom. The van der Waals surface area contributed by atoms with Crippen molar-refractivity contribution in [3.8, 4) is 0 Å². The lowest BCUT2D eigenvalue weighted by Gasteiger charge is -2.31. The Morgan fingerprint density at radius 2 is 1.85 bits per heavy atom. The molecule has 2 heterocycles. The van der Waals surface area contributed by atoms with Gasteiger partial charge in [-0.25, -0.2) is 9.89 Å². The van der Waals surface area contributed by atoms with Crippen molar-refractivity contribution < 1.29 is 9.53 Å². The highest BCUT2D eigenvalue weighted by molar-refractivity contribution is 5.67. The van der Waals surface area contributed by atoms with Crippen LogP contribution in [0.1, 0.15) is 54.3 Å². The normalized spacial score (nSPS) is 17.9. The van der Waals surface area contributed by atoms with Crippen molar-refractivity contribution in [1.29, 1.82) is 0 Å². The molecule has 6 heteroatoms. The van der Waals surface area contributed by atoms with Crippen LogP contribution in [0.25, 0.3) is 0 Å². The molecule has 2 aromatic rings. The fourth-order valence-electron chi connectivity index (χ4n) is 3.51. The SMILES string of the molecule is O=C(OCc1ccccc1)N1CCC(c2cc(C3CC3)n[nH]c2=O)CC1. The molecule has 6 nitrogen and oxygen atoms in total. The number of nitrogens with one attached hydrogen (secondary N) is 1. The molecule has 1 saturated heterocycles. The molecule has 1 N–H and O–H groups in total. The lowest BCUT2D eigenvalue weighted by Crippen LogP contribution is -2.39. The fraction of sp³-hybridized carbons (Fsp3) is 0.450.